The van der Waals surface area contributed by atoms with Crippen molar-refractivity contribution in [2.75, 3.05) is 11.9 Å². The first-order valence-electron chi connectivity index (χ1n) is 6.79. The second-order valence-electron chi connectivity index (χ2n) is 5.56. The number of nitrogens with one attached hydrogen (secondary N) is 1. The van der Waals surface area contributed by atoms with E-state index in [2.05, 4.69) is 17.2 Å². The van der Waals surface area contributed by atoms with E-state index in [1.807, 2.05) is 0 Å². The highest BCUT2D eigenvalue weighted by Crippen LogP contribution is 2.34. The van der Waals surface area contributed by atoms with Gasteiger partial charge in [0.1, 0.15) is 5.82 Å². The molecule has 0 spiro atoms. The third-order valence-electron chi connectivity index (χ3n) is 4.08. The predicted molar refractivity (Wildman–Crippen MR) is 75.8 cm³/mol. The van der Waals surface area contributed by atoms with E-state index in [1.165, 1.54) is 0 Å². The smallest absolute Gasteiger partial charge is 0.252 e. The van der Waals surface area contributed by atoms with Gasteiger partial charge in [0.25, 0.3) is 5.91 Å². The quantitative estimate of drug-likeness (QED) is 0.766. The zero-order valence-corrected chi connectivity index (χ0v) is 11.4. The molecule has 0 bridgehead atoms. The third-order valence-corrected chi connectivity index (χ3v) is 4.08. The summed E-state index contributed by atoms with van der Waals surface area (Å²) < 4.78 is 0. The van der Waals surface area contributed by atoms with E-state index in [-0.39, 0.29) is 5.54 Å². The van der Waals surface area contributed by atoms with Crippen molar-refractivity contribution in [3.8, 4) is 0 Å². The van der Waals surface area contributed by atoms with Crippen molar-refractivity contribution in [1.29, 1.82) is 0 Å². The van der Waals surface area contributed by atoms with Gasteiger partial charge in [-0.15, -0.1) is 0 Å². The Morgan fingerprint density at radius 2 is 2.21 bits per heavy atom. The lowest BCUT2D eigenvalue weighted by Crippen LogP contribution is -2.48. The zero-order valence-electron chi connectivity index (χ0n) is 11.4. The highest BCUT2D eigenvalue weighted by molar-refractivity contribution is 5.97. The van der Waals surface area contributed by atoms with Crippen LogP contribution in [0.4, 0.5) is 5.82 Å². The molecule has 0 atom stereocenters. The van der Waals surface area contributed by atoms with Crippen LogP contribution in [0.25, 0.3) is 0 Å². The molecule has 1 aliphatic rings. The highest BCUT2D eigenvalue weighted by Gasteiger charge is 2.33. The first kappa shape index (κ1) is 13.8. The zero-order chi connectivity index (χ0) is 13.9. The number of nitrogens with zero attached hydrogens (tertiary/aromatic N) is 1. The minimum atomic E-state index is -0.466. The van der Waals surface area contributed by atoms with E-state index in [0.29, 0.717) is 17.9 Å². The fourth-order valence-corrected chi connectivity index (χ4v) is 2.65. The molecule has 0 aliphatic heterocycles. The van der Waals surface area contributed by atoms with Gasteiger partial charge in [0.2, 0.25) is 0 Å². The summed E-state index contributed by atoms with van der Waals surface area (Å²) in [6.45, 7) is 2.80. The van der Waals surface area contributed by atoms with E-state index in [1.54, 1.807) is 18.3 Å². The molecule has 0 radical (unpaired) electrons. The summed E-state index contributed by atoms with van der Waals surface area (Å²) >= 11 is 0. The minimum Gasteiger partial charge on any atom is -0.365 e. The number of amides is 1. The minimum absolute atomic E-state index is 0.162. The fourth-order valence-electron chi connectivity index (χ4n) is 2.65. The molecule has 0 aromatic carbocycles. The van der Waals surface area contributed by atoms with Crippen LogP contribution in [-0.2, 0) is 0 Å². The molecule has 1 aromatic heterocycles. The van der Waals surface area contributed by atoms with Crippen LogP contribution >= 0.6 is 0 Å². The van der Waals surface area contributed by atoms with Gasteiger partial charge < -0.3 is 16.8 Å². The molecule has 0 unspecified atom stereocenters. The maximum absolute atomic E-state index is 11.4. The average Bonchev–Trinajstić information content (AvgIpc) is 2.42. The monoisotopic (exact) mass is 262 g/mol. The molecule has 2 rings (SSSR count). The molecule has 19 heavy (non-hydrogen) atoms. The van der Waals surface area contributed by atoms with Gasteiger partial charge in [0, 0.05) is 12.7 Å². The van der Waals surface area contributed by atoms with E-state index >= 15 is 0 Å². The molecule has 5 heteroatoms. The van der Waals surface area contributed by atoms with Gasteiger partial charge in [-0.05, 0) is 43.7 Å². The van der Waals surface area contributed by atoms with Gasteiger partial charge in [-0.1, -0.05) is 6.92 Å². The van der Waals surface area contributed by atoms with Gasteiger partial charge in [0.05, 0.1) is 11.1 Å². The molecule has 1 amide bonds. The molecule has 5 N–H and O–H groups in total. The Morgan fingerprint density at radius 3 is 2.79 bits per heavy atom. The van der Waals surface area contributed by atoms with Crippen LogP contribution in [0.15, 0.2) is 18.3 Å². The lowest BCUT2D eigenvalue weighted by molar-refractivity contribution is 0.100. The van der Waals surface area contributed by atoms with Gasteiger partial charge >= 0.3 is 0 Å². The van der Waals surface area contributed by atoms with E-state index < -0.39 is 5.91 Å². The molecule has 1 saturated carbocycles. The topological polar surface area (TPSA) is 94.0 Å². The standard InChI is InChI=1S/C14H22N4O/c1-10-4-6-14(9-15,7-5-10)18-13-11(12(16)19)3-2-8-17-13/h2-3,8,10H,4-7,9,15H2,1H3,(H2,16,19)(H,17,18). The molecule has 104 valence electrons. The Kier molecular flexibility index (Phi) is 4.04. The van der Waals surface area contributed by atoms with Gasteiger partial charge in [0.15, 0.2) is 0 Å². The number of aromatic nitrogens is 1. The number of hydrogen-bond acceptors (Lipinski definition) is 4. The maximum Gasteiger partial charge on any atom is 0.252 e. The molecule has 1 fully saturated rings. The highest BCUT2D eigenvalue weighted by atomic mass is 16.1. The van der Waals surface area contributed by atoms with Crippen LogP contribution in [0.2, 0.25) is 0 Å². The lowest BCUT2D eigenvalue weighted by atomic mass is 9.77. The Bertz CT molecular complexity index is 453. The molecule has 1 aliphatic carbocycles. The van der Waals surface area contributed by atoms with E-state index in [4.69, 9.17) is 11.5 Å². The Hall–Kier alpha value is -1.62. The van der Waals surface area contributed by atoms with Crippen molar-refractivity contribution in [2.24, 2.45) is 17.4 Å². The van der Waals surface area contributed by atoms with Crippen LogP contribution in [0, 0.1) is 5.92 Å². The number of rotatable bonds is 4. The number of carbonyl (C=O) groups is 1. The van der Waals surface area contributed by atoms with Crippen LogP contribution in [-0.4, -0.2) is 23.0 Å². The summed E-state index contributed by atoms with van der Waals surface area (Å²) in [5.41, 5.74) is 11.6. The first-order chi connectivity index (χ1) is 9.06. The van der Waals surface area contributed by atoms with Crippen molar-refractivity contribution in [2.45, 2.75) is 38.1 Å². The molecular formula is C14H22N4O. The molecule has 1 aromatic rings. The first-order valence-corrected chi connectivity index (χ1v) is 6.79. The number of nitrogens with two attached hydrogens (primary N) is 2. The van der Waals surface area contributed by atoms with Gasteiger partial charge in [-0.2, -0.15) is 0 Å². The van der Waals surface area contributed by atoms with Crippen molar-refractivity contribution >= 4 is 11.7 Å². The van der Waals surface area contributed by atoms with Gasteiger partial charge in [-0.3, -0.25) is 4.79 Å². The maximum atomic E-state index is 11.4. The van der Waals surface area contributed by atoms with Crippen molar-refractivity contribution in [1.82, 2.24) is 4.98 Å². The number of anilines is 1. The van der Waals surface area contributed by atoms with Crippen LogP contribution in [0.1, 0.15) is 43.0 Å². The lowest BCUT2D eigenvalue weighted by Gasteiger charge is -2.40. The van der Waals surface area contributed by atoms with Crippen molar-refractivity contribution in [3.05, 3.63) is 23.9 Å². The van der Waals surface area contributed by atoms with Crippen LogP contribution in [0.5, 0.6) is 0 Å². The Balaban J connectivity index is 2.21. The molecule has 5 nitrogen and oxygen atoms in total. The number of pyridine rings is 1. The number of carbonyl (C=O) groups excluding carboxylic acids is 1. The summed E-state index contributed by atoms with van der Waals surface area (Å²) in [6, 6.07) is 3.40. The molecule has 0 saturated heterocycles. The summed E-state index contributed by atoms with van der Waals surface area (Å²) in [5, 5.41) is 3.38. The largest absolute Gasteiger partial charge is 0.365 e. The van der Waals surface area contributed by atoms with Crippen molar-refractivity contribution in [3.63, 3.8) is 0 Å². The number of hydrogen-bond donors (Lipinski definition) is 3. The fraction of sp³-hybridized carbons (Fsp3) is 0.571. The predicted octanol–water partition coefficient (Wildman–Crippen LogP) is 1.50. The van der Waals surface area contributed by atoms with E-state index in [9.17, 15) is 4.79 Å². The van der Waals surface area contributed by atoms with Crippen molar-refractivity contribution < 1.29 is 4.79 Å². The summed E-state index contributed by atoms with van der Waals surface area (Å²) in [5.74, 6) is 0.822. The SMILES string of the molecule is CC1CCC(CN)(Nc2ncccc2C(N)=O)CC1. The van der Waals surface area contributed by atoms with E-state index in [0.717, 1.165) is 31.6 Å². The molecule has 1 heterocycles. The second kappa shape index (κ2) is 5.57. The van der Waals surface area contributed by atoms with Gasteiger partial charge in [-0.25, -0.2) is 4.98 Å². The van der Waals surface area contributed by atoms with Crippen LogP contribution in [0.3, 0.4) is 0 Å². The normalized spacial score (nSPS) is 26.9. The van der Waals surface area contributed by atoms with Crippen LogP contribution < -0.4 is 16.8 Å². The summed E-state index contributed by atoms with van der Waals surface area (Å²) in [7, 11) is 0. The molecular weight excluding hydrogens is 240 g/mol. The third kappa shape index (κ3) is 3.04. The Morgan fingerprint density at radius 1 is 1.53 bits per heavy atom. The second-order valence-corrected chi connectivity index (χ2v) is 5.56. The average molecular weight is 262 g/mol. The summed E-state index contributed by atoms with van der Waals surface area (Å²) in [6.07, 6.45) is 5.94. The summed E-state index contributed by atoms with van der Waals surface area (Å²) in [4.78, 5) is 15.7. The Labute approximate surface area is 113 Å². The number of primary amides is 1.